The Labute approximate surface area is 135 Å². The minimum Gasteiger partial charge on any atom is -0.429 e. The van der Waals surface area contributed by atoms with Crippen molar-refractivity contribution in [1.29, 1.82) is 0 Å². The summed E-state index contributed by atoms with van der Waals surface area (Å²) >= 11 is 0. The van der Waals surface area contributed by atoms with E-state index in [0.717, 1.165) is 12.1 Å². The van der Waals surface area contributed by atoms with Crippen LogP contribution in [0.15, 0.2) is 41.3 Å². The van der Waals surface area contributed by atoms with Crippen molar-refractivity contribution in [3.05, 3.63) is 59.2 Å². The molecule has 0 N–H and O–H groups in total. The highest BCUT2D eigenvalue weighted by atomic mass is 32.5. The molecule has 1 nitrogen and oxygen atoms in total. The number of benzene rings is 2. The van der Waals surface area contributed by atoms with E-state index in [9.17, 15) is 37.0 Å². The second-order valence-corrected chi connectivity index (χ2v) is 7.52. The molecule has 0 spiro atoms. The van der Waals surface area contributed by atoms with Crippen LogP contribution in [0, 0.1) is 18.6 Å². The molecular weight excluding hydrogens is 387 g/mol. The van der Waals surface area contributed by atoms with Gasteiger partial charge in [0.15, 0.2) is 16.5 Å². The summed E-state index contributed by atoms with van der Waals surface area (Å²) in [6.07, 6.45) is -4.16. The van der Waals surface area contributed by atoms with Crippen LogP contribution in [0.25, 0.3) is 0 Å². The number of halogens is 9. The zero-order valence-corrected chi connectivity index (χ0v) is 13.0. The van der Waals surface area contributed by atoms with E-state index in [-0.39, 0.29) is 12.1 Å². The van der Waals surface area contributed by atoms with E-state index in [1.165, 1.54) is 12.1 Å². The molecule has 0 amide bonds. The third kappa shape index (κ3) is 4.33. The molecule has 0 saturated heterocycles. The minimum absolute atomic E-state index is 0.377. The van der Waals surface area contributed by atoms with E-state index in [1.807, 2.05) is 0 Å². The highest BCUT2D eigenvalue weighted by Crippen LogP contribution is 3.02. The van der Waals surface area contributed by atoms with Gasteiger partial charge in [0, 0.05) is 12.1 Å². The standard InChI is InChI=1S/C14H9F9OS/c1-8-2-4-9(5-3-8)14(17,18)24-10-6-11(15)13(12(16)7-10)25(19,20,21,22)23/h2-7H,1H3. The Morgan fingerprint density at radius 2 is 1.28 bits per heavy atom. The van der Waals surface area contributed by atoms with E-state index in [4.69, 9.17) is 0 Å². The molecule has 0 aliphatic rings. The van der Waals surface area contributed by atoms with Crippen LogP contribution in [0.3, 0.4) is 0 Å². The van der Waals surface area contributed by atoms with Crippen molar-refractivity contribution >= 4 is 10.2 Å². The van der Waals surface area contributed by atoms with E-state index in [2.05, 4.69) is 4.74 Å². The van der Waals surface area contributed by atoms with Crippen LogP contribution in [0.4, 0.5) is 37.0 Å². The van der Waals surface area contributed by atoms with Gasteiger partial charge in [0.05, 0.1) is 5.56 Å². The normalized spacial score (nSPS) is 15.4. The Balaban J connectivity index is 2.45. The molecule has 0 heterocycles. The topological polar surface area (TPSA) is 9.23 Å². The molecule has 25 heavy (non-hydrogen) atoms. The number of hydrogen-bond acceptors (Lipinski definition) is 1. The van der Waals surface area contributed by atoms with Gasteiger partial charge in [-0.15, -0.1) is 0 Å². The first-order valence-corrected chi connectivity index (χ1v) is 8.32. The fourth-order valence-electron chi connectivity index (χ4n) is 1.92. The lowest BCUT2D eigenvalue weighted by molar-refractivity contribution is -0.185. The summed E-state index contributed by atoms with van der Waals surface area (Å²) in [5.41, 5.74) is -0.146. The number of aryl methyl sites for hydroxylation is 1. The predicted octanol–water partition coefficient (Wildman–Crippen LogP) is 7.06. The third-order valence-corrected chi connectivity index (χ3v) is 4.15. The van der Waals surface area contributed by atoms with E-state index in [0.29, 0.717) is 5.56 Å². The van der Waals surface area contributed by atoms with E-state index >= 15 is 0 Å². The lowest BCUT2D eigenvalue weighted by Crippen LogP contribution is -2.22. The molecule has 0 aliphatic carbocycles. The largest absolute Gasteiger partial charge is 0.429 e. The maximum Gasteiger partial charge on any atom is 0.426 e. The molecule has 2 aromatic rings. The van der Waals surface area contributed by atoms with Gasteiger partial charge in [0.1, 0.15) is 5.75 Å². The van der Waals surface area contributed by atoms with Gasteiger partial charge in [0.25, 0.3) is 0 Å². The molecule has 11 heteroatoms. The Morgan fingerprint density at radius 3 is 1.68 bits per heavy atom. The van der Waals surface area contributed by atoms with Gasteiger partial charge in [-0.25, -0.2) is 8.78 Å². The molecule has 0 aliphatic heterocycles. The van der Waals surface area contributed by atoms with Crippen LogP contribution in [0.2, 0.25) is 0 Å². The predicted molar refractivity (Wildman–Crippen MR) is 73.5 cm³/mol. The molecule has 0 bridgehead atoms. The third-order valence-electron chi connectivity index (χ3n) is 2.99. The van der Waals surface area contributed by atoms with Crippen molar-refractivity contribution in [3.63, 3.8) is 0 Å². The summed E-state index contributed by atoms with van der Waals surface area (Å²) in [6, 6.07) is 3.63. The maximum absolute atomic E-state index is 13.9. The summed E-state index contributed by atoms with van der Waals surface area (Å²) in [4.78, 5) is -3.41. The molecule has 0 fully saturated rings. The molecule has 140 valence electrons. The SMILES string of the molecule is Cc1ccc(C(F)(F)Oc2cc(F)c(S(F)(F)(F)(F)F)c(F)c2)cc1. The minimum atomic E-state index is -10.7. The highest BCUT2D eigenvalue weighted by molar-refractivity contribution is 8.45. The maximum atomic E-state index is 13.9. The Kier molecular flexibility index (Phi) is 3.85. The van der Waals surface area contributed by atoms with Crippen LogP contribution < -0.4 is 4.74 Å². The highest BCUT2D eigenvalue weighted by Gasteiger charge is 2.69. The van der Waals surface area contributed by atoms with E-state index in [1.54, 1.807) is 6.92 Å². The van der Waals surface area contributed by atoms with Gasteiger partial charge in [-0.2, -0.15) is 8.78 Å². The summed E-state index contributed by atoms with van der Waals surface area (Å²) in [5, 5.41) is 0. The van der Waals surface area contributed by atoms with Gasteiger partial charge in [-0.1, -0.05) is 37.1 Å². The van der Waals surface area contributed by atoms with Crippen LogP contribution >= 0.6 is 10.2 Å². The number of hydrogen-bond donors (Lipinski definition) is 0. The number of alkyl halides is 2. The van der Waals surface area contributed by atoms with Gasteiger partial charge < -0.3 is 4.74 Å². The van der Waals surface area contributed by atoms with Gasteiger partial charge in [-0.3, -0.25) is 0 Å². The van der Waals surface area contributed by atoms with Gasteiger partial charge in [-0.05, 0) is 19.1 Å². The van der Waals surface area contributed by atoms with Crippen molar-refractivity contribution in [2.75, 3.05) is 0 Å². The van der Waals surface area contributed by atoms with Crippen molar-refractivity contribution < 1.29 is 41.7 Å². The van der Waals surface area contributed by atoms with Crippen molar-refractivity contribution in [2.45, 2.75) is 17.9 Å². The fourth-order valence-corrected chi connectivity index (χ4v) is 2.77. The van der Waals surface area contributed by atoms with Crippen LogP contribution in [-0.4, -0.2) is 0 Å². The molecule has 2 aromatic carbocycles. The zero-order valence-electron chi connectivity index (χ0n) is 12.2. The Bertz CT molecular complexity index is 790. The Morgan fingerprint density at radius 1 is 0.840 bits per heavy atom. The van der Waals surface area contributed by atoms with E-state index < -0.39 is 44.2 Å². The fraction of sp³-hybridized carbons (Fsp3) is 0.143. The molecule has 2 rings (SSSR count). The number of rotatable bonds is 4. The first kappa shape index (κ1) is 19.3. The second kappa shape index (κ2) is 4.99. The summed E-state index contributed by atoms with van der Waals surface area (Å²) in [6.45, 7) is 1.59. The first-order valence-electron chi connectivity index (χ1n) is 6.37. The van der Waals surface area contributed by atoms with Crippen molar-refractivity contribution in [1.82, 2.24) is 0 Å². The van der Waals surface area contributed by atoms with Crippen molar-refractivity contribution in [3.8, 4) is 5.75 Å². The van der Waals surface area contributed by atoms with Crippen molar-refractivity contribution in [2.24, 2.45) is 0 Å². The lowest BCUT2D eigenvalue weighted by atomic mass is 10.1. The molecule has 0 saturated carbocycles. The molecule has 0 radical (unpaired) electrons. The van der Waals surface area contributed by atoms with Crippen LogP contribution in [-0.2, 0) is 6.11 Å². The summed E-state index contributed by atoms with van der Waals surface area (Å²) < 4.78 is 121. The van der Waals surface area contributed by atoms with Gasteiger partial charge >= 0.3 is 16.3 Å². The Hall–Kier alpha value is -2.04. The molecule has 0 unspecified atom stereocenters. The quantitative estimate of drug-likeness (QED) is 0.503. The molecule has 0 aromatic heterocycles. The molecule has 0 atom stereocenters. The monoisotopic (exact) mass is 396 g/mol. The zero-order chi connectivity index (χ0) is 19.3. The average molecular weight is 396 g/mol. The smallest absolute Gasteiger partial charge is 0.426 e. The lowest BCUT2D eigenvalue weighted by Gasteiger charge is -2.40. The van der Waals surface area contributed by atoms with Gasteiger partial charge in [0.2, 0.25) is 0 Å². The first-order chi connectivity index (χ1) is 11.0. The van der Waals surface area contributed by atoms with Crippen LogP contribution in [0.5, 0.6) is 5.75 Å². The average Bonchev–Trinajstić information content (AvgIpc) is 2.33. The number of ether oxygens (including phenoxy) is 1. The molecular formula is C14H9F9OS. The summed E-state index contributed by atoms with van der Waals surface area (Å²) in [7, 11) is -10.7. The van der Waals surface area contributed by atoms with Crippen LogP contribution in [0.1, 0.15) is 11.1 Å². The summed E-state index contributed by atoms with van der Waals surface area (Å²) in [5.74, 6) is -6.89. The second-order valence-electron chi connectivity index (χ2n) is 5.17.